The molecule has 1 N–H and O–H groups in total. The third-order valence-corrected chi connectivity index (χ3v) is 6.66. The Kier molecular flexibility index (Phi) is 6.50. The fraction of sp³-hybridized carbons (Fsp3) is 0.393. The van der Waals surface area contributed by atoms with Gasteiger partial charge in [0.2, 0.25) is 5.95 Å². The zero-order chi connectivity index (χ0) is 23.6. The normalized spacial score (nSPS) is 14.1. The van der Waals surface area contributed by atoms with E-state index in [1.165, 1.54) is 24.0 Å². The van der Waals surface area contributed by atoms with E-state index in [0.29, 0.717) is 5.95 Å². The van der Waals surface area contributed by atoms with Gasteiger partial charge in [0, 0.05) is 47.5 Å². The second-order valence-electron chi connectivity index (χ2n) is 9.44. The monoisotopic (exact) mass is 441 g/mol. The third kappa shape index (κ3) is 4.92. The van der Waals surface area contributed by atoms with Crippen LogP contribution < -0.4 is 10.2 Å². The molecule has 1 aliphatic rings. The van der Waals surface area contributed by atoms with E-state index in [2.05, 4.69) is 71.8 Å². The second kappa shape index (κ2) is 9.34. The molecule has 0 radical (unpaired) electrons. The minimum atomic E-state index is 0.216. The lowest BCUT2D eigenvalue weighted by Gasteiger charge is -2.23. The van der Waals surface area contributed by atoms with Gasteiger partial charge in [-0.25, -0.2) is 4.98 Å². The van der Waals surface area contributed by atoms with Crippen LogP contribution in [-0.4, -0.2) is 22.0 Å². The van der Waals surface area contributed by atoms with Crippen molar-refractivity contribution in [3.63, 3.8) is 0 Å². The minimum absolute atomic E-state index is 0.216. The number of aryl methyl sites for hydroxylation is 2. The molecule has 0 atom stereocenters. The second-order valence-corrected chi connectivity index (χ2v) is 9.44. The Balaban J connectivity index is 1.66. The highest BCUT2D eigenvalue weighted by atomic mass is 15.2. The maximum Gasteiger partial charge on any atom is 0.229 e. The fourth-order valence-electron chi connectivity index (χ4n) is 4.19. The largest absolute Gasteiger partial charge is 0.329 e. The molecule has 0 bridgehead atoms. The molecule has 1 aliphatic carbocycles. The van der Waals surface area contributed by atoms with Crippen LogP contribution in [0.25, 0.3) is 5.57 Å². The van der Waals surface area contributed by atoms with Crippen molar-refractivity contribution in [3.8, 4) is 0 Å². The Morgan fingerprint density at radius 1 is 1.12 bits per heavy atom. The third-order valence-electron chi connectivity index (χ3n) is 6.66. The van der Waals surface area contributed by atoms with Crippen LogP contribution in [-0.2, 0) is 18.3 Å². The topological polar surface area (TPSA) is 53.9 Å². The summed E-state index contributed by atoms with van der Waals surface area (Å²) in [6.45, 7) is 12.8. The number of aromatic nitrogens is 3. The lowest BCUT2D eigenvalue weighted by Crippen LogP contribution is -2.16. The number of hydrogen-bond donors (Lipinski definition) is 1. The van der Waals surface area contributed by atoms with Crippen molar-refractivity contribution < 1.29 is 0 Å². The van der Waals surface area contributed by atoms with Crippen molar-refractivity contribution in [2.45, 2.75) is 65.2 Å². The molecule has 0 spiro atoms. The smallest absolute Gasteiger partial charge is 0.229 e. The molecule has 3 aromatic rings. The molecule has 33 heavy (non-hydrogen) atoms. The Morgan fingerprint density at radius 3 is 2.58 bits per heavy atom. The van der Waals surface area contributed by atoms with E-state index in [1.807, 2.05) is 32.4 Å². The highest BCUT2D eigenvalue weighted by Gasteiger charge is 2.40. The first kappa shape index (κ1) is 23.0. The summed E-state index contributed by atoms with van der Waals surface area (Å²) in [6, 6.07) is 10.8. The van der Waals surface area contributed by atoms with Crippen molar-refractivity contribution in [2.75, 3.05) is 17.3 Å². The van der Waals surface area contributed by atoms with E-state index in [9.17, 15) is 0 Å². The summed E-state index contributed by atoms with van der Waals surface area (Å²) in [7, 11) is 2.04. The van der Waals surface area contributed by atoms with Crippen LogP contribution in [0.15, 0.2) is 49.3 Å². The molecule has 0 saturated heterocycles. The number of rotatable bonds is 9. The number of anilines is 4. The number of nitrogens with one attached hydrogen (secondary N) is 1. The highest BCUT2D eigenvalue weighted by Crippen LogP contribution is 2.47. The average Bonchev–Trinajstić information content (AvgIpc) is 3.58. The van der Waals surface area contributed by atoms with Crippen LogP contribution in [0.2, 0.25) is 0 Å². The standard InChI is InChI=1S/C28H35N5/c1-7-9-21-10-11-22(16-20(21)8-2)31-27-30-18-24(19(3)4)26(32-27)33(6)23-12-15-29-25(17-23)28(5)13-14-28/h10-12,15-18H,3,7-9,13-14H2,1-2,4-6H3,(H,30,31,32). The van der Waals surface area contributed by atoms with E-state index in [1.54, 1.807) is 0 Å². The van der Waals surface area contributed by atoms with Crippen molar-refractivity contribution in [1.82, 2.24) is 15.0 Å². The Hall–Kier alpha value is -3.21. The van der Waals surface area contributed by atoms with Gasteiger partial charge in [-0.05, 0) is 73.6 Å². The van der Waals surface area contributed by atoms with Crippen LogP contribution in [0.1, 0.15) is 69.3 Å². The number of hydrogen-bond acceptors (Lipinski definition) is 5. The van der Waals surface area contributed by atoms with Gasteiger partial charge in [0.15, 0.2) is 0 Å². The van der Waals surface area contributed by atoms with Gasteiger partial charge < -0.3 is 10.2 Å². The van der Waals surface area contributed by atoms with Gasteiger partial charge in [-0.15, -0.1) is 0 Å². The quantitative estimate of drug-likeness (QED) is 0.388. The number of pyridine rings is 1. The van der Waals surface area contributed by atoms with Crippen LogP contribution in [0, 0.1) is 0 Å². The molecule has 0 unspecified atom stereocenters. The fourth-order valence-corrected chi connectivity index (χ4v) is 4.19. The van der Waals surface area contributed by atoms with Crippen molar-refractivity contribution in [2.24, 2.45) is 0 Å². The highest BCUT2D eigenvalue weighted by molar-refractivity contribution is 5.76. The van der Waals surface area contributed by atoms with Crippen molar-refractivity contribution >= 4 is 28.7 Å². The van der Waals surface area contributed by atoms with Crippen molar-refractivity contribution in [3.05, 3.63) is 71.7 Å². The van der Waals surface area contributed by atoms with E-state index >= 15 is 0 Å². The molecule has 5 nitrogen and oxygen atoms in total. The minimum Gasteiger partial charge on any atom is -0.329 e. The molecular weight excluding hydrogens is 406 g/mol. The molecule has 4 rings (SSSR count). The summed E-state index contributed by atoms with van der Waals surface area (Å²) in [4.78, 5) is 16.2. The summed E-state index contributed by atoms with van der Waals surface area (Å²) in [6.07, 6.45) is 9.42. The van der Waals surface area contributed by atoms with Gasteiger partial charge in [-0.3, -0.25) is 4.98 Å². The zero-order valence-corrected chi connectivity index (χ0v) is 20.6. The predicted octanol–water partition coefficient (Wildman–Crippen LogP) is 6.98. The molecule has 172 valence electrons. The van der Waals surface area contributed by atoms with Crippen LogP contribution in [0.3, 0.4) is 0 Å². The number of nitrogens with zero attached hydrogens (tertiary/aromatic N) is 4. The maximum absolute atomic E-state index is 4.91. The first-order chi connectivity index (χ1) is 15.8. The lowest BCUT2D eigenvalue weighted by molar-refractivity contribution is 0.749. The summed E-state index contributed by atoms with van der Waals surface area (Å²) in [5, 5.41) is 3.42. The van der Waals surface area contributed by atoms with E-state index in [0.717, 1.165) is 53.3 Å². The summed E-state index contributed by atoms with van der Waals surface area (Å²) < 4.78 is 0. The molecule has 0 amide bonds. The van der Waals surface area contributed by atoms with Gasteiger partial charge in [0.1, 0.15) is 5.82 Å². The van der Waals surface area contributed by atoms with E-state index in [4.69, 9.17) is 4.98 Å². The van der Waals surface area contributed by atoms with Crippen LogP contribution >= 0.6 is 0 Å². The molecule has 0 aliphatic heterocycles. The van der Waals surface area contributed by atoms with Crippen LogP contribution in [0.5, 0.6) is 0 Å². The first-order valence-corrected chi connectivity index (χ1v) is 12.0. The Bertz CT molecular complexity index is 1160. The van der Waals surface area contributed by atoms with Crippen LogP contribution in [0.4, 0.5) is 23.1 Å². The van der Waals surface area contributed by atoms with Gasteiger partial charge in [-0.1, -0.05) is 39.8 Å². The van der Waals surface area contributed by atoms with Gasteiger partial charge in [0.25, 0.3) is 0 Å². The number of benzene rings is 1. The SMILES string of the molecule is C=C(C)c1cnc(Nc2ccc(CCC)c(CC)c2)nc1N(C)c1ccnc(C2(C)CC2)c1. The molecule has 1 fully saturated rings. The Labute approximate surface area is 198 Å². The lowest BCUT2D eigenvalue weighted by atomic mass is 10.0. The Morgan fingerprint density at radius 2 is 1.91 bits per heavy atom. The number of allylic oxidation sites excluding steroid dienone is 1. The molecule has 2 heterocycles. The summed E-state index contributed by atoms with van der Waals surface area (Å²) in [5.41, 5.74) is 8.10. The van der Waals surface area contributed by atoms with Gasteiger partial charge in [0.05, 0.1) is 0 Å². The summed E-state index contributed by atoms with van der Waals surface area (Å²) >= 11 is 0. The molecule has 1 saturated carbocycles. The average molecular weight is 442 g/mol. The molecular formula is C28H35N5. The van der Waals surface area contributed by atoms with Gasteiger partial charge in [-0.2, -0.15) is 4.98 Å². The summed E-state index contributed by atoms with van der Waals surface area (Å²) in [5.74, 6) is 1.41. The zero-order valence-electron chi connectivity index (χ0n) is 20.6. The maximum atomic E-state index is 4.91. The first-order valence-electron chi connectivity index (χ1n) is 12.0. The molecule has 2 aromatic heterocycles. The molecule has 5 heteroatoms. The van der Waals surface area contributed by atoms with Gasteiger partial charge >= 0.3 is 0 Å². The van der Waals surface area contributed by atoms with Crippen molar-refractivity contribution in [1.29, 1.82) is 0 Å². The van der Waals surface area contributed by atoms with E-state index < -0.39 is 0 Å². The van der Waals surface area contributed by atoms with E-state index in [-0.39, 0.29) is 5.41 Å². The predicted molar refractivity (Wildman–Crippen MR) is 139 cm³/mol. The molecule has 1 aromatic carbocycles.